The first-order valence-electron chi connectivity index (χ1n) is 9.77. The quantitative estimate of drug-likeness (QED) is 0.545. The van der Waals surface area contributed by atoms with Crippen LogP contribution in [0, 0.1) is 0 Å². The molecule has 10 heteroatoms. The third-order valence-electron chi connectivity index (χ3n) is 4.40. The summed E-state index contributed by atoms with van der Waals surface area (Å²) in [5, 5.41) is 14.1. The number of nitrogens with one attached hydrogen (secondary N) is 2. The Morgan fingerprint density at radius 2 is 1.90 bits per heavy atom. The first-order chi connectivity index (χ1) is 15.2. The number of hydrogen-bond acceptors (Lipinski definition) is 7. The van der Waals surface area contributed by atoms with E-state index >= 15 is 0 Å². The van der Waals surface area contributed by atoms with Crippen LogP contribution in [0.2, 0.25) is 0 Å². The number of carbonyl (C=O) groups is 2. The average molecular weight is 439 g/mol. The van der Waals surface area contributed by atoms with Crippen LogP contribution in [0.25, 0.3) is 17.1 Å². The van der Waals surface area contributed by atoms with Crippen LogP contribution in [-0.2, 0) is 4.79 Å². The van der Waals surface area contributed by atoms with Gasteiger partial charge in [-0.1, -0.05) is 36.9 Å². The lowest BCUT2D eigenvalue weighted by molar-refractivity contribution is -0.117. The van der Waals surface area contributed by atoms with Gasteiger partial charge in [-0.2, -0.15) is 0 Å². The second kappa shape index (κ2) is 9.52. The van der Waals surface area contributed by atoms with Crippen molar-refractivity contribution in [3.8, 4) is 28.6 Å². The van der Waals surface area contributed by atoms with Gasteiger partial charge in [-0.05, 0) is 36.8 Å². The molecule has 3 aromatic rings. The summed E-state index contributed by atoms with van der Waals surface area (Å²) in [5.74, 6) is 1.54. The van der Waals surface area contributed by atoms with Crippen LogP contribution in [0.3, 0.4) is 0 Å². The summed E-state index contributed by atoms with van der Waals surface area (Å²) in [7, 11) is 0. The van der Waals surface area contributed by atoms with Crippen LogP contribution < -0.4 is 20.1 Å². The summed E-state index contributed by atoms with van der Waals surface area (Å²) < 4.78 is 12.7. The molecule has 4 rings (SSSR count). The molecule has 1 aromatic heterocycles. The maximum atomic E-state index is 12.2. The first kappa shape index (κ1) is 20.7. The largest absolute Gasteiger partial charge is 0.454 e. The fourth-order valence-electron chi connectivity index (χ4n) is 2.97. The zero-order chi connectivity index (χ0) is 21.6. The minimum absolute atomic E-state index is 0.0195. The molecule has 1 aliphatic heterocycles. The number of benzene rings is 2. The molecule has 0 fully saturated rings. The van der Waals surface area contributed by atoms with Gasteiger partial charge in [-0.3, -0.25) is 14.7 Å². The molecule has 0 aliphatic carbocycles. The van der Waals surface area contributed by atoms with Crippen molar-refractivity contribution in [3.05, 3.63) is 48.5 Å². The van der Waals surface area contributed by atoms with E-state index in [2.05, 4.69) is 20.8 Å². The van der Waals surface area contributed by atoms with Crippen LogP contribution in [0.1, 0.15) is 13.3 Å². The highest BCUT2D eigenvalue weighted by atomic mass is 32.2. The van der Waals surface area contributed by atoms with Gasteiger partial charge in [0.15, 0.2) is 22.5 Å². The predicted octanol–water partition coefficient (Wildman–Crippen LogP) is 2.99. The highest BCUT2D eigenvalue weighted by Gasteiger charge is 2.20. The van der Waals surface area contributed by atoms with E-state index in [0.717, 1.165) is 17.7 Å². The molecule has 0 atom stereocenters. The van der Waals surface area contributed by atoms with E-state index in [9.17, 15) is 9.59 Å². The Balaban J connectivity index is 1.57. The molecule has 0 spiro atoms. The molecule has 160 valence electrons. The fraction of sp³-hybridized carbons (Fsp3) is 0.238. The van der Waals surface area contributed by atoms with Gasteiger partial charge in [-0.25, -0.2) is 4.79 Å². The van der Waals surface area contributed by atoms with E-state index in [0.29, 0.717) is 29.0 Å². The Morgan fingerprint density at radius 3 is 2.71 bits per heavy atom. The molecular formula is C21H21N5O4S. The van der Waals surface area contributed by atoms with Gasteiger partial charge in [0, 0.05) is 17.8 Å². The van der Waals surface area contributed by atoms with Gasteiger partial charge >= 0.3 is 6.03 Å². The van der Waals surface area contributed by atoms with E-state index < -0.39 is 11.9 Å². The maximum absolute atomic E-state index is 12.2. The molecule has 0 saturated heterocycles. The second-order valence-corrected chi connectivity index (χ2v) is 7.58. The van der Waals surface area contributed by atoms with Crippen molar-refractivity contribution in [2.75, 3.05) is 19.1 Å². The standard InChI is InChI=1S/C21H21N5O4S/c1-2-10-22-20(28)23-18(27)12-31-21-25-24-19(26(21)15-6-4-3-5-7-15)14-8-9-16-17(11-14)30-13-29-16/h3-9,11H,2,10,12-13H2,1H3,(H2,22,23,27,28). The number of nitrogens with zero attached hydrogens (tertiary/aromatic N) is 3. The molecule has 2 heterocycles. The fourth-order valence-corrected chi connectivity index (χ4v) is 3.72. The molecule has 9 nitrogen and oxygen atoms in total. The Morgan fingerprint density at radius 1 is 1.10 bits per heavy atom. The summed E-state index contributed by atoms with van der Waals surface area (Å²) in [6, 6.07) is 14.7. The zero-order valence-electron chi connectivity index (χ0n) is 16.8. The molecule has 1 aliphatic rings. The molecule has 0 bridgehead atoms. The van der Waals surface area contributed by atoms with Crippen LogP contribution >= 0.6 is 11.8 Å². The van der Waals surface area contributed by atoms with Crippen molar-refractivity contribution in [2.24, 2.45) is 0 Å². The number of urea groups is 1. The lowest BCUT2D eigenvalue weighted by Crippen LogP contribution is -2.40. The van der Waals surface area contributed by atoms with Crippen molar-refractivity contribution in [1.82, 2.24) is 25.4 Å². The maximum Gasteiger partial charge on any atom is 0.321 e. The summed E-state index contributed by atoms with van der Waals surface area (Å²) >= 11 is 1.20. The number of imide groups is 1. The number of thioether (sulfide) groups is 1. The van der Waals surface area contributed by atoms with E-state index in [1.165, 1.54) is 11.8 Å². The van der Waals surface area contributed by atoms with Gasteiger partial charge in [0.05, 0.1) is 5.75 Å². The molecule has 0 radical (unpaired) electrons. The summed E-state index contributed by atoms with van der Waals surface area (Å²) in [5.41, 5.74) is 1.65. The number of para-hydroxylation sites is 1. The van der Waals surface area contributed by atoms with Gasteiger partial charge < -0.3 is 14.8 Å². The van der Waals surface area contributed by atoms with Crippen LogP contribution in [0.5, 0.6) is 11.5 Å². The molecule has 0 saturated carbocycles. The Hall–Kier alpha value is -3.53. The number of rotatable bonds is 7. The molecule has 2 N–H and O–H groups in total. The first-order valence-corrected chi connectivity index (χ1v) is 10.8. The van der Waals surface area contributed by atoms with Gasteiger partial charge in [0.25, 0.3) is 0 Å². The van der Waals surface area contributed by atoms with E-state index in [1.807, 2.05) is 60.0 Å². The number of ether oxygens (including phenoxy) is 2. The Kier molecular flexibility index (Phi) is 6.37. The summed E-state index contributed by atoms with van der Waals surface area (Å²) in [6.07, 6.45) is 0.791. The minimum atomic E-state index is -0.502. The van der Waals surface area contributed by atoms with Crippen molar-refractivity contribution in [1.29, 1.82) is 0 Å². The average Bonchev–Trinajstić information content (AvgIpc) is 3.43. The SMILES string of the molecule is CCCNC(=O)NC(=O)CSc1nnc(-c2ccc3c(c2)OCO3)n1-c1ccccc1. The molecule has 2 aromatic carbocycles. The number of amides is 3. The van der Waals surface area contributed by atoms with E-state index in [1.54, 1.807) is 0 Å². The summed E-state index contributed by atoms with van der Waals surface area (Å²) in [6.45, 7) is 2.63. The summed E-state index contributed by atoms with van der Waals surface area (Å²) in [4.78, 5) is 23.8. The smallest absolute Gasteiger partial charge is 0.321 e. The predicted molar refractivity (Wildman–Crippen MR) is 115 cm³/mol. The lowest BCUT2D eigenvalue weighted by atomic mass is 10.2. The van der Waals surface area contributed by atoms with E-state index in [4.69, 9.17) is 9.47 Å². The highest BCUT2D eigenvalue weighted by molar-refractivity contribution is 7.99. The molecular weight excluding hydrogens is 418 g/mol. The second-order valence-electron chi connectivity index (χ2n) is 6.64. The molecule has 0 unspecified atom stereocenters. The van der Waals surface area contributed by atoms with Crippen LogP contribution in [0.15, 0.2) is 53.7 Å². The van der Waals surface area contributed by atoms with Crippen molar-refractivity contribution >= 4 is 23.7 Å². The van der Waals surface area contributed by atoms with Crippen molar-refractivity contribution in [3.63, 3.8) is 0 Å². The minimum Gasteiger partial charge on any atom is -0.454 e. The topological polar surface area (TPSA) is 107 Å². The molecule has 3 amide bonds. The Labute approximate surface area is 183 Å². The number of carbonyl (C=O) groups excluding carboxylic acids is 2. The van der Waals surface area contributed by atoms with E-state index in [-0.39, 0.29) is 12.5 Å². The van der Waals surface area contributed by atoms with Gasteiger partial charge in [-0.15, -0.1) is 10.2 Å². The monoisotopic (exact) mass is 439 g/mol. The number of hydrogen-bond donors (Lipinski definition) is 2. The van der Waals surface area contributed by atoms with Crippen LogP contribution in [0.4, 0.5) is 4.79 Å². The van der Waals surface area contributed by atoms with Crippen molar-refractivity contribution in [2.45, 2.75) is 18.5 Å². The molecule has 31 heavy (non-hydrogen) atoms. The lowest BCUT2D eigenvalue weighted by Gasteiger charge is -2.11. The third kappa shape index (κ3) is 4.80. The Bertz CT molecular complexity index is 1090. The number of fused-ring (bicyclic) bond motifs is 1. The van der Waals surface area contributed by atoms with Crippen LogP contribution in [-0.4, -0.2) is 45.8 Å². The highest BCUT2D eigenvalue weighted by Crippen LogP contribution is 2.36. The van der Waals surface area contributed by atoms with Gasteiger partial charge in [0.1, 0.15) is 0 Å². The third-order valence-corrected chi connectivity index (χ3v) is 5.33. The zero-order valence-corrected chi connectivity index (χ0v) is 17.6. The van der Waals surface area contributed by atoms with Gasteiger partial charge in [0.2, 0.25) is 12.7 Å². The number of aromatic nitrogens is 3. The van der Waals surface area contributed by atoms with Crippen molar-refractivity contribution < 1.29 is 19.1 Å². The normalized spacial score (nSPS) is 11.9.